The molecule has 0 aliphatic carbocycles. The molecular formula is C12H16F2N2O3. The maximum absolute atomic E-state index is 13.7. The summed E-state index contributed by atoms with van der Waals surface area (Å²) in [6, 6.07) is 1.86. The molecule has 0 spiro atoms. The fourth-order valence-electron chi connectivity index (χ4n) is 1.40. The molecule has 3 N–H and O–H groups in total. The second-order valence-electron chi connectivity index (χ2n) is 3.84. The quantitative estimate of drug-likeness (QED) is 0.359. The average Bonchev–Trinajstić information content (AvgIpc) is 2.39. The fraction of sp³-hybridized carbons (Fsp3) is 0.417. The molecule has 5 nitrogen and oxygen atoms in total. The molecule has 0 amide bonds. The van der Waals surface area contributed by atoms with Crippen LogP contribution in [0.15, 0.2) is 17.3 Å². The predicted molar refractivity (Wildman–Crippen MR) is 65.5 cm³/mol. The lowest BCUT2D eigenvalue weighted by Gasteiger charge is -2.16. The van der Waals surface area contributed by atoms with E-state index in [1.165, 1.54) is 0 Å². The Hall–Kier alpha value is -1.89. The average molecular weight is 274 g/mol. The maximum atomic E-state index is 13.7. The summed E-state index contributed by atoms with van der Waals surface area (Å²) in [6.07, 6.45) is -0.501. The summed E-state index contributed by atoms with van der Waals surface area (Å²) >= 11 is 0. The van der Waals surface area contributed by atoms with E-state index in [2.05, 4.69) is 5.16 Å². The van der Waals surface area contributed by atoms with Crippen molar-refractivity contribution < 1.29 is 23.5 Å². The predicted octanol–water partition coefficient (Wildman–Crippen LogP) is 1.86. The third kappa shape index (κ3) is 4.06. The summed E-state index contributed by atoms with van der Waals surface area (Å²) in [4.78, 5) is 0. The lowest BCUT2D eigenvalue weighted by molar-refractivity contribution is 0.0614. The Morgan fingerprint density at radius 1 is 1.42 bits per heavy atom. The topological polar surface area (TPSA) is 77.1 Å². The number of nitrogens with zero attached hydrogens (tertiary/aromatic N) is 1. The first-order valence-corrected chi connectivity index (χ1v) is 5.70. The van der Waals surface area contributed by atoms with Gasteiger partial charge in [0.2, 0.25) is 0 Å². The molecule has 0 saturated heterocycles. The molecule has 1 aromatic rings. The first kappa shape index (κ1) is 15.2. The van der Waals surface area contributed by atoms with Crippen LogP contribution in [0.3, 0.4) is 0 Å². The number of nitrogens with two attached hydrogens (primary N) is 1. The Morgan fingerprint density at radius 2 is 2.00 bits per heavy atom. The van der Waals surface area contributed by atoms with E-state index in [4.69, 9.17) is 20.4 Å². The minimum atomic E-state index is -0.926. The van der Waals surface area contributed by atoms with Gasteiger partial charge >= 0.3 is 0 Å². The van der Waals surface area contributed by atoms with Gasteiger partial charge in [-0.2, -0.15) is 0 Å². The van der Waals surface area contributed by atoms with Crippen molar-refractivity contribution in [1.29, 1.82) is 0 Å². The number of oxime groups is 1. The SMILES string of the molecule is CCOCC(C)Oc1c(F)cc(C(N)=NO)cc1F. The largest absolute Gasteiger partial charge is 0.482 e. The fourth-order valence-corrected chi connectivity index (χ4v) is 1.40. The van der Waals surface area contributed by atoms with Crippen LogP contribution in [0.2, 0.25) is 0 Å². The molecule has 19 heavy (non-hydrogen) atoms. The van der Waals surface area contributed by atoms with Crippen molar-refractivity contribution in [2.45, 2.75) is 20.0 Å². The van der Waals surface area contributed by atoms with E-state index in [-0.39, 0.29) is 18.0 Å². The highest BCUT2D eigenvalue weighted by atomic mass is 19.1. The number of hydrogen-bond donors (Lipinski definition) is 2. The molecule has 0 aliphatic rings. The molecule has 0 bridgehead atoms. The molecule has 1 atom stereocenters. The summed E-state index contributed by atoms with van der Waals surface area (Å²) in [7, 11) is 0. The molecular weight excluding hydrogens is 258 g/mol. The lowest BCUT2D eigenvalue weighted by Crippen LogP contribution is -2.21. The monoisotopic (exact) mass is 274 g/mol. The van der Waals surface area contributed by atoms with Crippen LogP contribution in [0.25, 0.3) is 0 Å². The van der Waals surface area contributed by atoms with Gasteiger partial charge in [-0.25, -0.2) is 8.78 Å². The van der Waals surface area contributed by atoms with E-state index in [1.807, 2.05) is 0 Å². The van der Waals surface area contributed by atoms with E-state index in [1.54, 1.807) is 13.8 Å². The Bertz CT molecular complexity index is 443. The van der Waals surface area contributed by atoms with E-state index in [0.29, 0.717) is 6.61 Å². The minimum absolute atomic E-state index is 0.0673. The zero-order valence-corrected chi connectivity index (χ0v) is 10.7. The minimum Gasteiger partial charge on any atom is -0.482 e. The van der Waals surface area contributed by atoms with Gasteiger partial charge in [-0.1, -0.05) is 5.16 Å². The first-order valence-electron chi connectivity index (χ1n) is 5.70. The Kier molecular flexibility index (Phi) is 5.50. The second-order valence-corrected chi connectivity index (χ2v) is 3.84. The Morgan fingerprint density at radius 3 is 2.47 bits per heavy atom. The zero-order valence-electron chi connectivity index (χ0n) is 10.7. The van der Waals surface area contributed by atoms with Crippen molar-refractivity contribution in [3.8, 4) is 5.75 Å². The molecule has 1 unspecified atom stereocenters. The molecule has 7 heteroatoms. The summed E-state index contributed by atoms with van der Waals surface area (Å²) in [5.41, 5.74) is 5.19. The van der Waals surface area contributed by atoms with Crippen LogP contribution in [0, 0.1) is 11.6 Å². The molecule has 0 aromatic heterocycles. The van der Waals surface area contributed by atoms with Gasteiger partial charge in [-0.05, 0) is 26.0 Å². The second kappa shape index (κ2) is 6.89. The lowest BCUT2D eigenvalue weighted by atomic mass is 10.2. The number of ether oxygens (including phenoxy) is 2. The zero-order chi connectivity index (χ0) is 14.4. The maximum Gasteiger partial charge on any atom is 0.191 e. The Labute approximate surface area is 109 Å². The molecule has 0 radical (unpaired) electrons. The van der Waals surface area contributed by atoms with Gasteiger partial charge in [0.05, 0.1) is 6.61 Å². The highest BCUT2D eigenvalue weighted by Crippen LogP contribution is 2.24. The molecule has 106 valence electrons. The van der Waals surface area contributed by atoms with Crippen molar-refractivity contribution in [1.82, 2.24) is 0 Å². The van der Waals surface area contributed by atoms with Gasteiger partial charge in [0.15, 0.2) is 23.2 Å². The van der Waals surface area contributed by atoms with Crippen LogP contribution in [-0.4, -0.2) is 30.4 Å². The highest BCUT2D eigenvalue weighted by Gasteiger charge is 2.17. The molecule has 0 heterocycles. The van der Waals surface area contributed by atoms with Crippen molar-refractivity contribution in [2.24, 2.45) is 10.9 Å². The van der Waals surface area contributed by atoms with Gasteiger partial charge in [-0.15, -0.1) is 0 Å². The number of rotatable bonds is 6. The summed E-state index contributed by atoms with van der Waals surface area (Å²) in [5.74, 6) is -2.75. The van der Waals surface area contributed by atoms with Gasteiger partial charge in [0.25, 0.3) is 0 Å². The normalized spacial score (nSPS) is 13.4. The smallest absolute Gasteiger partial charge is 0.191 e. The molecule has 0 aliphatic heterocycles. The Balaban J connectivity index is 2.91. The third-order valence-corrected chi connectivity index (χ3v) is 2.28. The van der Waals surface area contributed by atoms with E-state index >= 15 is 0 Å². The number of halogens is 2. The van der Waals surface area contributed by atoms with Gasteiger partial charge in [-0.3, -0.25) is 0 Å². The summed E-state index contributed by atoms with van der Waals surface area (Å²) < 4.78 is 37.6. The van der Waals surface area contributed by atoms with E-state index in [9.17, 15) is 8.78 Å². The number of hydrogen-bond acceptors (Lipinski definition) is 4. The molecule has 1 rings (SSSR count). The molecule has 0 saturated carbocycles. The number of amidine groups is 1. The van der Waals surface area contributed by atoms with Crippen molar-refractivity contribution >= 4 is 5.84 Å². The van der Waals surface area contributed by atoms with Crippen LogP contribution in [0.5, 0.6) is 5.75 Å². The number of benzene rings is 1. The third-order valence-electron chi connectivity index (χ3n) is 2.28. The van der Waals surface area contributed by atoms with E-state index < -0.39 is 23.5 Å². The molecule has 1 aromatic carbocycles. The summed E-state index contributed by atoms with van der Waals surface area (Å²) in [5, 5.41) is 11.1. The van der Waals surface area contributed by atoms with Gasteiger partial charge in [0, 0.05) is 12.2 Å². The first-order chi connectivity index (χ1) is 8.99. The van der Waals surface area contributed by atoms with Crippen LogP contribution >= 0.6 is 0 Å². The molecule has 0 fully saturated rings. The van der Waals surface area contributed by atoms with Crippen molar-refractivity contribution in [3.63, 3.8) is 0 Å². The summed E-state index contributed by atoms with van der Waals surface area (Å²) in [6.45, 7) is 4.14. The van der Waals surface area contributed by atoms with Crippen LogP contribution in [0.4, 0.5) is 8.78 Å². The van der Waals surface area contributed by atoms with Crippen molar-refractivity contribution in [2.75, 3.05) is 13.2 Å². The highest BCUT2D eigenvalue weighted by molar-refractivity contribution is 5.97. The van der Waals surface area contributed by atoms with Crippen molar-refractivity contribution in [3.05, 3.63) is 29.3 Å². The van der Waals surface area contributed by atoms with Crippen LogP contribution in [-0.2, 0) is 4.74 Å². The standard InChI is InChI=1S/C12H16F2N2O3/c1-3-18-6-7(2)19-11-9(13)4-8(5-10(11)14)12(15)16-17/h4-5,7,17H,3,6H2,1-2H3,(H2,15,16). The van der Waals surface area contributed by atoms with E-state index in [0.717, 1.165) is 12.1 Å². The van der Waals surface area contributed by atoms with Gasteiger partial charge in [0.1, 0.15) is 6.10 Å². The van der Waals surface area contributed by atoms with Gasteiger partial charge < -0.3 is 20.4 Å². The van der Waals surface area contributed by atoms with Crippen LogP contribution in [0.1, 0.15) is 19.4 Å². The van der Waals surface area contributed by atoms with Crippen LogP contribution < -0.4 is 10.5 Å².